The highest BCUT2D eigenvalue weighted by molar-refractivity contribution is 5.92. The van der Waals surface area contributed by atoms with Gasteiger partial charge in [-0.25, -0.2) is 9.67 Å². The van der Waals surface area contributed by atoms with Gasteiger partial charge in [0.15, 0.2) is 5.76 Å². The molecule has 2 aromatic heterocycles. The Morgan fingerprint density at radius 2 is 1.83 bits per heavy atom. The predicted octanol–water partition coefficient (Wildman–Crippen LogP) is 3.43. The highest BCUT2D eigenvalue weighted by Gasteiger charge is 2.15. The van der Waals surface area contributed by atoms with E-state index < -0.39 is 0 Å². The van der Waals surface area contributed by atoms with Crippen LogP contribution in [0, 0.1) is 0 Å². The molecule has 1 amide bonds. The van der Waals surface area contributed by atoms with E-state index in [0.717, 1.165) is 16.9 Å². The second-order valence-electron chi connectivity index (χ2n) is 6.47. The predicted molar refractivity (Wildman–Crippen MR) is 106 cm³/mol. The third-order valence-electron chi connectivity index (χ3n) is 4.38. The molecule has 4 rings (SSSR count). The number of hydrogen-bond acceptors (Lipinski definition) is 5. The second-order valence-corrected chi connectivity index (χ2v) is 6.47. The minimum Gasteiger partial charge on any atom is -0.489 e. The van der Waals surface area contributed by atoms with Crippen molar-refractivity contribution in [1.82, 2.24) is 20.1 Å². The first kappa shape index (κ1) is 18.5. The molecule has 0 aliphatic carbocycles. The van der Waals surface area contributed by atoms with Crippen LogP contribution >= 0.6 is 0 Å². The first-order valence-corrected chi connectivity index (χ1v) is 9.20. The van der Waals surface area contributed by atoms with Gasteiger partial charge in [-0.2, -0.15) is 5.10 Å². The van der Waals surface area contributed by atoms with Crippen LogP contribution < -0.4 is 10.1 Å². The van der Waals surface area contributed by atoms with E-state index in [1.807, 2.05) is 54.6 Å². The van der Waals surface area contributed by atoms with Gasteiger partial charge in [-0.1, -0.05) is 42.5 Å². The van der Waals surface area contributed by atoms with Crippen molar-refractivity contribution in [1.29, 1.82) is 0 Å². The van der Waals surface area contributed by atoms with Crippen LogP contribution in [0.15, 0.2) is 84.0 Å². The number of rotatable bonds is 8. The highest BCUT2D eigenvalue weighted by atomic mass is 16.5. The molecule has 0 atom stereocenters. The maximum absolute atomic E-state index is 12.5. The average molecular weight is 388 g/mol. The fourth-order valence-electron chi connectivity index (χ4n) is 2.85. The summed E-state index contributed by atoms with van der Waals surface area (Å²) in [5.74, 6) is 0.739. The van der Waals surface area contributed by atoms with Crippen molar-refractivity contribution in [2.24, 2.45) is 0 Å². The van der Waals surface area contributed by atoms with E-state index in [1.165, 1.54) is 12.6 Å². The Bertz CT molecular complexity index is 1040. The molecule has 0 bridgehead atoms. The molecule has 0 saturated heterocycles. The monoisotopic (exact) mass is 388 g/mol. The number of furan rings is 1. The van der Waals surface area contributed by atoms with Gasteiger partial charge in [0, 0.05) is 12.1 Å². The SMILES string of the molecule is O=C(NCc1ccc(Cn2cncn2)cc1)c1occc1COc1ccccc1. The van der Waals surface area contributed by atoms with Crippen molar-refractivity contribution in [2.45, 2.75) is 19.7 Å². The van der Waals surface area contributed by atoms with Gasteiger partial charge in [0.1, 0.15) is 25.0 Å². The Morgan fingerprint density at radius 1 is 1.03 bits per heavy atom. The summed E-state index contributed by atoms with van der Waals surface area (Å²) >= 11 is 0. The van der Waals surface area contributed by atoms with E-state index in [1.54, 1.807) is 17.1 Å². The molecule has 1 N–H and O–H groups in total. The van der Waals surface area contributed by atoms with Crippen molar-refractivity contribution < 1.29 is 13.9 Å². The van der Waals surface area contributed by atoms with Crippen molar-refractivity contribution in [3.8, 4) is 5.75 Å². The first-order valence-electron chi connectivity index (χ1n) is 9.20. The van der Waals surface area contributed by atoms with Gasteiger partial charge in [-0.15, -0.1) is 0 Å². The van der Waals surface area contributed by atoms with Crippen LogP contribution in [0.3, 0.4) is 0 Å². The number of carbonyl (C=O) groups excluding carboxylic acids is 1. The number of ether oxygens (including phenoxy) is 1. The number of nitrogens with one attached hydrogen (secondary N) is 1. The highest BCUT2D eigenvalue weighted by Crippen LogP contribution is 2.16. The van der Waals surface area contributed by atoms with Gasteiger partial charge in [0.05, 0.1) is 12.8 Å². The number of nitrogens with zero attached hydrogens (tertiary/aromatic N) is 3. The molecule has 0 aliphatic rings. The molecule has 146 valence electrons. The van der Waals surface area contributed by atoms with Crippen LogP contribution in [0.25, 0.3) is 0 Å². The fraction of sp³-hybridized carbons (Fsp3) is 0.136. The molecule has 0 spiro atoms. The molecule has 0 saturated carbocycles. The smallest absolute Gasteiger partial charge is 0.287 e. The van der Waals surface area contributed by atoms with E-state index in [9.17, 15) is 4.79 Å². The minimum atomic E-state index is -0.270. The van der Waals surface area contributed by atoms with Gasteiger partial charge >= 0.3 is 0 Å². The summed E-state index contributed by atoms with van der Waals surface area (Å²) < 4.78 is 12.8. The molecule has 0 unspecified atom stereocenters. The zero-order chi connectivity index (χ0) is 19.9. The molecule has 0 radical (unpaired) electrons. The number of para-hydroxylation sites is 1. The van der Waals surface area contributed by atoms with Crippen LogP contribution in [0.1, 0.15) is 27.2 Å². The van der Waals surface area contributed by atoms with Gasteiger partial charge in [0.2, 0.25) is 0 Å². The van der Waals surface area contributed by atoms with Crippen molar-refractivity contribution in [2.75, 3.05) is 0 Å². The molecular weight excluding hydrogens is 368 g/mol. The minimum absolute atomic E-state index is 0.264. The lowest BCUT2D eigenvalue weighted by atomic mass is 10.1. The van der Waals surface area contributed by atoms with E-state index in [-0.39, 0.29) is 18.3 Å². The topological polar surface area (TPSA) is 82.2 Å². The fourth-order valence-corrected chi connectivity index (χ4v) is 2.85. The molecule has 7 heteroatoms. The standard InChI is InChI=1S/C22H20N4O3/c27-22(21-19(10-11-28-21)14-29-20-4-2-1-3-5-20)24-12-17-6-8-18(9-7-17)13-26-16-23-15-25-26/h1-11,15-16H,12-14H2,(H,24,27). The van der Waals surface area contributed by atoms with E-state index in [4.69, 9.17) is 9.15 Å². The molecular formula is C22H20N4O3. The number of aromatic nitrogens is 3. The Hall–Kier alpha value is -3.87. The number of benzene rings is 2. The van der Waals surface area contributed by atoms with Crippen LogP contribution in [0.5, 0.6) is 5.75 Å². The molecule has 0 aliphatic heterocycles. The van der Waals surface area contributed by atoms with E-state index in [2.05, 4.69) is 15.4 Å². The summed E-state index contributed by atoms with van der Waals surface area (Å²) in [4.78, 5) is 16.4. The Morgan fingerprint density at radius 3 is 2.59 bits per heavy atom. The van der Waals surface area contributed by atoms with Crippen LogP contribution in [0.2, 0.25) is 0 Å². The zero-order valence-electron chi connectivity index (χ0n) is 15.7. The lowest BCUT2D eigenvalue weighted by molar-refractivity contribution is 0.0919. The van der Waals surface area contributed by atoms with Crippen molar-refractivity contribution in [3.63, 3.8) is 0 Å². The molecule has 4 aromatic rings. The number of carbonyl (C=O) groups is 1. The summed E-state index contributed by atoms with van der Waals surface area (Å²) in [6.45, 7) is 1.33. The van der Waals surface area contributed by atoms with Gasteiger partial charge in [0.25, 0.3) is 5.91 Å². The van der Waals surface area contributed by atoms with Crippen molar-refractivity contribution in [3.05, 3.63) is 102 Å². The van der Waals surface area contributed by atoms with Crippen LogP contribution in [0.4, 0.5) is 0 Å². The summed E-state index contributed by atoms with van der Waals surface area (Å²) in [6.07, 6.45) is 4.69. The molecule has 2 aromatic carbocycles. The molecule has 29 heavy (non-hydrogen) atoms. The Labute approximate surface area is 168 Å². The largest absolute Gasteiger partial charge is 0.489 e. The average Bonchev–Trinajstić information content (AvgIpc) is 3.44. The molecule has 2 heterocycles. The third-order valence-corrected chi connectivity index (χ3v) is 4.38. The Balaban J connectivity index is 1.31. The summed E-state index contributed by atoms with van der Waals surface area (Å²) in [6, 6.07) is 19.2. The van der Waals surface area contributed by atoms with E-state index in [0.29, 0.717) is 18.7 Å². The first-order chi connectivity index (χ1) is 14.3. The second kappa shape index (κ2) is 8.88. The third kappa shape index (κ3) is 4.90. The van der Waals surface area contributed by atoms with Gasteiger partial charge in [-0.3, -0.25) is 4.79 Å². The van der Waals surface area contributed by atoms with E-state index >= 15 is 0 Å². The summed E-state index contributed by atoms with van der Waals surface area (Å²) in [5.41, 5.74) is 2.81. The Kier molecular flexibility index (Phi) is 5.66. The quantitative estimate of drug-likeness (QED) is 0.500. The lowest BCUT2D eigenvalue weighted by Gasteiger charge is -2.08. The van der Waals surface area contributed by atoms with Crippen molar-refractivity contribution >= 4 is 5.91 Å². The molecule has 7 nitrogen and oxygen atoms in total. The summed E-state index contributed by atoms with van der Waals surface area (Å²) in [5, 5.41) is 6.98. The maximum Gasteiger partial charge on any atom is 0.287 e. The van der Waals surface area contributed by atoms with Gasteiger partial charge < -0.3 is 14.5 Å². The number of amides is 1. The summed E-state index contributed by atoms with van der Waals surface area (Å²) in [7, 11) is 0. The van der Waals surface area contributed by atoms with Crippen LogP contribution in [-0.2, 0) is 19.7 Å². The zero-order valence-corrected chi connectivity index (χ0v) is 15.7. The maximum atomic E-state index is 12.5. The molecule has 0 fully saturated rings. The van der Waals surface area contributed by atoms with Crippen LogP contribution in [-0.4, -0.2) is 20.7 Å². The lowest BCUT2D eigenvalue weighted by Crippen LogP contribution is -2.23. The normalized spacial score (nSPS) is 10.6. The van der Waals surface area contributed by atoms with Gasteiger partial charge in [-0.05, 0) is 29.3 Å². The number of hydrogen-bond donors (Lipinski definition) is 1.